The van der Waals surface area contributed by atoms with E-state index in [1.807, 2.05) is 0 Å². The van der Waals surface area contributed by atoms with Gasteiger partial charge in [-0.1, -0.05) is 6.92 Å². The maximum absolute atomic E-state index is 14.5. The van der Waals surface area contributed by atoms with Crippen LogP contribution in [0.15, 0.2) is 17.2 Å². The van der Waals surface area contributed by atoms with Crippen molar-refractivity contribution >= 4 is 11.6 Å². The van der Waals surface area contributed by atoms with Crippen LogP contribution in [0.1, 0.15) is 24.5 Å². The van der Waals surface area contributed by atoms with Crippen LogP contribution < -0.4 is 10.2 Å². The van der Waals surface area contributed by atoms with E-state index in [1.54, 1.807) is 6.92 Å². The molecule has 1 aliphatic rings. The van der Waals surface area contributed by atoms with E-state index in [0.29, 0.717) is 5.71 Å². The first kappa shape index (κ1) is 17.3. The molecule has 0 aliphatic carbocycles. The van der Waals surface area contributed by atoms with E-state index in [4.69, 9.17) is 9.84 Å². The fourth-order valence-corrected chi connectivity index (χ4v) is 2.23. The largest absolute Gasteiger partial charge is 0.487 e. The number of aliphatic hydroxyl groups excluding tert-OH is 1. The molecule has 2 N–H and O–H groups in total. The molecule has 126 valence electrons. The normalized spacial score (nSPS) is 18.4. The van der Waals surface area contributed by atoms with E-state index in [2.05, 4.69) is 10.5 Å². The number of aliphatic hydroxyl groups is 1. The molecule has 23 heavy (non-hydrogen) atoms. The van der Waals surface area contributed by atoms with E-state index in [9.17, 15) is 18.0 Å². The molecule has 1 amide bonds. The zero-order valence-electron chi connectivity index (χ0n) is 12.7. The summed E-state index contributed by atoms with van der Waals surface area (Å²) < 4.78 is 45.4. The minimum absolute atomic E-state index is 0.0347. The smallest absolute Gasteiger partial charge is 0.303 e. The van der Waals surface area contributed by atoms with Crippen molar-refractivity contribution in [2.24, 2.45) is 11.0 Å². The van der Waals surface area contributed by atoms with Crippen LogP contribution in [0.3, 0.4) is 0 Å². The van der Waals surface area contributed by atoms with Gasteiger partial charge in [0.1, 0.15) is 18.2 Å². The Morgan fingerprint density at radius 2 is 2.17 bits per heavy atom. The molecular formula is C15H17F3N2O3. The van der Waals surface area contributed by atoms with Crippen molar-refractivity contribution < 1.29 is 27.8 Å². The number of hydrogen-bond acceptors (Lipinski definition) is 4. The second-order valence-electron chi connectivity index (χ2n) is 5.49. The lowest BCUT2D eigenvalue weighted by atomic mass is 9.92. The Labute approximate surface area is 131 Å². The number of ether oxygens (including phenoxy) is 1. The Kier molecular flexibility index (Phi) is 4.93. The molecule has 2 rings (SSSR count). The van der Waals surface area contributed by atoms with Gasteiger partial charge < -0.3 is 9.84 Å². The van der Waals surface area contributed by atoms with Crippen LogP contribution >= 0.6 is 0 Å². The molecule has 0 saturated heterocycles. The number of nitrogens with zero attached hydrogens (tertiary/aromatic N) is 1. The van der Waals surface area contributed by atoms with Crippen molar-refractivity contribution in [1.29, 1.82) is 0 Å². The van der Waals surface area contributed by atoms with Crippen molar-refractivity contribution in [3.8, 4) is 5.75 Å². The fourth-order valence-electron chi connectivity index (χ4n) is 2.23. The van der Waals surface area contributed by atoms with Crippen LogP contribution in [0, 0.1) is 18.7 Å². The van der Waals surface area contributed by atoms with Gasteiger partial charge in [0.05, 0.1) is 5.71 Å². The van der Waals surface area contributed by atoms with Crippen molar-refractivity contribution in [3.63, 3.8) is 0 Å². The third kappa shape index (κ3) is 3.82. The summed E-state index contributed by atoms with van der Waals surface area (Å²) in [5, 5.41) is 12.4. The molecule has 5 nitrogen and oxygen atoms in total. The van der Waals surface area contributed by atoms with Gasteiger partial charge in [-0.05, 0) is 19.1 Å². The average Bonchev–Trinajstić information content (AvgIpc) is 2.50. The molecule has 0 fully saturated rings. The summed E-state index contributed by atoms with van der Waals surface area (Å²) in [5.74, 6) is -4.58. The number of carbonyl (C=O) groups is 1. The Morgan fingerprint density at radius 3 is 2.78 bits per heavy atom. The first-order valence-electron chi connectivity index (χ1n) is 7.02. The zero-order chi connectivity index (χ0) is 17.2. The lowest BCUT2D eigenvalue weighted by Gasteiger charge is -2.21. The molecule has 0 radical (unpaired) electrons. The molecule has 8 heteroatoms. The maximum Gasteiger partial charge on any atom is 0.303 e. The topological polar surface area (TPSA) is 70.9 Å². The highest BCUT2D eigenvalue weighted by Crippen LogP contribution is 2.28. The lowest BCUT2D eigenvalue weighted by molar-refractivity contribution is -0.121. The zero-order valence-corrected chi connectivity index (χ0v) is 12.7. The number of nitrogens with one attached hydrogen (secondary N) is 1. The molecule has 0 spiro atoms. The predicted molar refractivity (Wildman–Crippen MR) is 77.1 cm³/mol. The molecule has 1 aromatic carbocycles. The van der Waals surface area contributed by atoms with Crippen molar-refractivity contribution in [3.05, 3.63) is 29.1 Å². The van der Waals surface area contributed by atoms with Gasteiger partial charge in [0.25, 0.3) is 0 Å². The van der Waals surface area contributed by atoms with Gasteiger partial charge in [0, 0.05) is 23.5 Å². The lowest BCUT2D eigenvalue weighted by Crippen LogP contribution is -2.32. The highest BCUT2D eigenvalue weighted by atomic mass is 19.3. The molecule has 1 unspecified atom stereocenters. The number of hydrazone groups is 1. The quantitative estimate of drug-likeness (QED) is 0.867. The summed E-state index contributed by atoms with van der Waals surface area (Å²) in [6.45, 7) is 0.758. The summed E-state index contributed by atoms with van der Waals surface area (Å²) >= 11 is 0. The fraction of sp³-hybridized carbons (Fsp3) is 0.467. The highest BCUT2D eigenvalue weighted by molar-refractivity contribution is 6.06. The Hall–Kier alpha value is -2.09. The molecule has 1 aliphatic heterocycles. The van der Waals surface area contributed by atoms with E-state index in [0.717, 1.165) is 0 Å². The highest BCUT2D eigenvalue weighted by Gasteiger charge is 2.30. The van der Waals surface area contributed by atoms with Gasteiger partial charge in [-0.15, -0.1) is 0 Å². The maximum atomic E-state index is 14.5. The first-order valence-corrected chi connectivity index (χ1v) is 7.02. The third-order valence-electron chi connectivity index (χ3n) is 3.54. The van der Waals surface area contributed by atoms with Gasteiger partial charge >= 0.3 is 5.92 Å². The van der Waals surface area contributed by atoms with Gasteiger partial charge in [-0.2, -0.15) is 5.10 Å². The van der Waals surface area contributed by atoms with Crippen molar-refractivity contribution in [2.75, 3.05) is 13.2 Å². The van der Waals surface area contributed by atoms with Crippen LogP contribution in [0.4, 0.5) is 13.2 Å². The monoisotopic (exact) mass is 330 g/mol. The van der Waals surface area contributed by atoms with Crippen LogP contribution in [-0.4, -0.2) is 35.9 Å². The number of rotatable bonds is 5. The van der Waals surface area contributed by atoms with E-state index < -0.39 is 25.0 Å². The summed E-state index contributed by atoms with van der Waals surface area (Å²) in [4.78, 5) is 11.2. The van der Waals surface area contributed by atoms with Gasteiger partial charge in [0.15, 0.2) is 6.61 Å². The molecule has 0 saturated carbocycles. The van der Waals surface area contributed by atoms with Crippen LogP contribution in [0.2, 0.25) is 0 Å². The molecule has 1 aromatic rings. The summed E-state index contributed by atoms with van der Waals surface area (Å²) in [6, 6.07) is 2.74. The minimum atomic E-state index is -3.40. The van der Waals surface area contributed by atoms with E-state index in [1.165, 1.54) is 19.1 Å². The standard InChI is InChI=1S/C15H17F3N2O3/c1-8-5-12(22)19-20-14(8)10-3-4-11(9(2)13(10)16)23-7-15(17,18)6-21/h3-4,8,21H,5-7H2,1-2H3,(H,19,22). The van der Waals surface area contributed by atoms with Crippen molar-refractivity contribution in [1.82, 2.24) is 5.43 Å². The summed E-state index contributed by atoms with van der Waals surface area (Å²) in [5.41, 5.74) is 2.93. The number of hydrogen-bond donors (Lipinski definition) is 2. The second-order valence-corrected chi connectivity index (χ2v) is 5.49. The summed E-state index contributed by atoms with van der Waals surface area (Å²) in [7, 11) is 0. The predicted octanol–water partition coefficient (Wildman–Crippen LogP) is 2.00. The average molecular weight is 330 g/mol. The van der Waals surface area contributed by atoms with Gasteiger partial charge in [0.2, 0.25) is 5.91 Å². The second kappa shape index (κ2) is 6.57. The van der Waals surface area contributed by atoms with E-state index >= 15 is 0 Å². The molecule has 1 heterocycles. The van der Waals surface area contributed by atoms with Gasteiger partial charge in [-0.3, -0.25) is 4.79 Å². The molecule has 0 bridgehead atoms. The molecule has 0 aromatic heterocycles. The van der Waals surface area contributed by atoms with E-state index in [-0.39, 0.29) is 35.1 Å². The van der Waals surface area contributed by atoms with Crippen LogP contribution in [0.5, 0.6) is 5.75 Å². The number of alkyl halides is 2. The Balaban J connectivity index is 2.26. The van der Waals surface area contributed by atoms with Crippen molar-refractivity contribution in [2.45, 2.75) is 26.2 Å². The number of benzene rings is 1. The summed E-state index contributed by atoms with van der Waals surface area (Å²) in [6.07, 6.45) is 0.193. The number of halogens is 3. The van der Waals surface area contributed by atoms with Gasteiger partial charge in [-0.25, -0.2) is 18.6 Å². The van der Waals surface area contributed by atoms with Crippen LogP contribution in [-0.2, 0) is 4.79 Å². The minimum Gasteiger partial charge on any atom is -0.487 e. The third-order valence-corrected chi connectivity index (χ3v) is 3.54. The Bertz CT molecular complexity index is 647. The molecule has 1 atom stereocenters. The molecular weight excluding hydrogens is 313 g/mol. The Morgan fingerprint density at radius 1 is 1.48 bits per heavy atom. The first-order chi connectivity index (χ1) is 10.7. The number of carbonyl (C=O) groups excluding carboxylic acids is 1. The SMILES string of the molecule is Cc1c(OCC(F)(F)CO)ccc(C2=NNC(=O)CC2C)c1F. The number of amides is 1. The van der Waals surface area contributed by atoms with Crippen LogP contribution in [0.25, 0.3) is 0 Å².